The number of benzene rings is 4. The van der Waals surface area contributed by atoms with Crippen LogP contribution in [-0.4, -0.2) is 19.8 Å². The first-order valence-electron chi connectivity index (χ1n) is 29.8. The molecule has 0 aromatic heterocycles. The van der Waals surface area contributed by atoms with Gasteiger partial charge in [-0.15, -0.1) is 0 Å². The van der Waals surface area contributed by atoms with E-state index in [2.05, 4.69) is 134 Å². The van der Waals surface area contributed by atoms with Crippen molar-refractivity contribution in [2.75, 3.05) is 0 Å². The van der Waals surface area contributed by atoms with Gasteiger partial charge in [0.25, 0.3) is 0 Å². The summed E-state index contributed by atoms with van der Waals surface area (Å²) in [4.78, 5) is 0. The van der Waals surface area contributed by atoms with Gasteiger partial charge in [0.2, 0.25) is 0 Å². The Bertz CT molecular complexity index is 2470. The first-order chi connectivity index (χ1) is 35.5. The van der Waals surface area contributed by atoms with E-state index in [-0.39, 0.29) is 10.8 Å². The summed E-state index contributed by atoms with van der Waals surface area (Å²) in [7, 11) is -0.973. The molecule has 390 valence electrons. The van der Waals surface area contributed by atoms with Gasteiger partial charge in [-0.1, -0.05) is 262 Å². The second-order valence-electron chi connectivity index (χ2n) is 23.3. The lowest BCUT2D eigenvalue weighted by atomic mass is 9.68. The maximum Gasteiger partial charge on any atom is 0.632 e. The molecule has 2 fully saturated rings. The Hall–Kier alpha value is -4.41. The van der Waals surface area contributed by atoms with Crippen molar-refractivity contribution in [3.63, 3.8) is 0 Å². The first kappa shape index (κ1) is 54.8. The second kappa shape index (κ2) is 25.4. The molecule has 73 heavy (non-hydrogen) atoms. The highest BCUT2D eigenvalue weighted by Crippen LogP contribution is 2.57. The van der Waals surface area contributed by atoms with Gasteiger partial charge >= 0.3 is 14.2 Å². The fraction of sp³-hybridized carbons (Fsp3) is 0.552. The van der Waals surface area contributed by atoms with E-state index in [1.54, 1.807) is 0 Å². The Balaban J connectivity index is 1.22. The van der Waals surface area contributed by atoms with Crippen molar-refractivity contribution in [2.45, 2.75) is 238 Å². The number of rotatable bonds is 31. The fourth-order valence-electron chi connectivity index (χ4n) is 13.1. The quantitative estimate of drug-likeness (QED) is 0.0372. The topological polar surface area (TPSA) is 36.9 Å². The van der Waals surface area contributed by atoms with Crippen LogP contribution in [0, 0.1) is 0 Å². The monoisotopic (exact) mass is 983 g/mol. The molecule has 4 aliphatic rings. The van der Waals surface area contributed by atoms with Crippen LogP contribution in [0.2, 0.25) is 0 Å². The molecule has 0 unspecified atom stereocenters. The van der Waals surface area contributed by atoms with Crippen LogP contribution in [0.4, 0.5) is 0 Å². The van der Waals surface area contributed by atoms with E-state index in [0.29, 0.717) is 17.3 Å². The Labute approximate surface area is 444 Å². The van der Waals surface area contributed by atoms with Crippen LogP contribution in [0.1, 0.15) is 244 Å². The number of fused-ring (bicyclic) bond motifs is 6. The van der Waals surface area contributed by atoms with Crippen molar-refractivity contribution in [1.29, 1.82) is 0 Å². The van der Waals surface area contributed by atoms with E-state index in [1.165, 1.54) is 210 Å². The molecule has 2 heterocycles. The third kappa shape index (κ3) is 12.2. The normalized spacial score (nSPS) is 16.6. The molecule has 4 nitrogen and oxygen atoms in total. The van der Waals surface area contributed by atoms with E-state index in [9.17, 15) is 0 Å². The van der Waals surface area contributed by atoms with Crippen molar-refractivity contribution in [3.8, 4) is 33.4 Å². The van der Waals surface area contributed by atoms with Gasteiger partial charge in [-0.3, -0.25) is 0 Å². The van der Waals surface area contributed by atoms with E-state index in [1.807, 2.05) is 0 Å². The third-order valence-electron chi connectivity index (χ3n) is 17.6. The average Bonchev–Trinajstić information content (AvgIpc) is 4.06. The van der Waals surface area contributed by atoms with Crippen molar-refractivity contribution in [3.05, 3.63) is 132 Å². The van der Waals surface area contributed by atoms with E-state index in [0.717, 1.165) is 36.6 Å². The molecular formula is C67H92B2O4. The van der Waals surface area contributed by atoms with Gasteiger partial charge in [0.05, 0.1) is 5.76 Å². The zero-order valence-corrected chi connectivity index (χ0v) is 46.6. The van der Waals surface area contributed by atoms with Crippen LogP contribution in [0.3, 0.4) is 0 Å². The summed E-state index contributed by atoms with van der Waals surface area (Å²) in [5.41, 5.74) is 15.6. The van der Waals surface area contributed by atoms with Crippen LogP contribution < -0.4 is 10.9 Å². The fourth-order valence-corrected chi connectivity index (χ4v) is 13.1. The Kier molecular flexibility index (Phi) is 19.1. The maximum absolute atomic E-state index is 6.57. The highest BCUT2D eigenvalue weighted by atomic mass is 16.7. The van der Waals surface area contributed by atoms with Crippen molar-refractivity contribution in [1.82, 2.24) is 0 Å². The number of unbranched alkanes of at least 4 members (excludes halogenated alkanes) is 20. The van der Waals surface area contributed by atoms with Gasteiger partial charge in [-0.05, 0) is 113 Å². The lowest BCUT2D eigenvalue weighted by molar-refractivity contribution is 0.173. The molecule has 2 saturated heterocycles. The van der Waals surface area contributed by atoms with Crippen molar-refractivity contribution >= 4 is 25.2 Å². The van der Waals surface area contributed by atoms with Crippen LogP contribution >= 0.6 is 0 Å². The molecule has 0 spiro atoms. The summed E-state index contributed by atoms with van der Waals surface area (Å²) in [6.07, 6.45) is 35.5. The van der Waals surface area contributed by atoms with Crippen LogP contribution in [0.25, 0.3) is 33.4 Å². The summed E-state index contributed by atoms with van der Waals surface area (Å²) >= 11 is 0. The molecule has 0 atom stereocenters. The molecular weight excluding hydrogens is 890 g/mol. The first-order valence-corrected chi connectivity index (χ1v) is 29.8. The minimum Gasteiger partial charge on any atom is -0.534 e. The summed E-state index contributed by atoms with van der Waals surface area (Å²) in [6, 6.07) is 29.3. The van der Waals surface area contributed by atoms with Crippen LogP contribution in [-0.2, 0) is 29.4 Å². The predicted octanol–water partition coefficient (Wildman–Crippen LogP) is 18.7. The number of hydrogen-bond acceptors (Lipinski definition) is 4. The lowest BCUT2D eigenvalue weighted by Crippen LogP contribution is -2.36. The van der Waals surface area contributed by atoms with Crippen molar-refractivity contribution < 1.29 is 18.6 Å². The zero-order valence-electron chi connectivity index (χ0n) is 46.6. The molecule has 0 bridgehead atoms. The van der Waals surface area contributed by atoms with Crippen LogP contribution in [0.15, 0.2) is 110 Å². The Morgan fingerprint density at radius 1 is 0.370 bits per heavy atom. The smallest absolute Gasteiger partial charge is 0.534 e. The van der Waals surface area contributed by atoms with Gasteiger partial charge in [0.15, 0.2) is 0 Å². The van der Waals surface area contributed by atoms with Gasteiger partial charge < -0.3 is 18.6 Å². The molecule has 6 heteroatoms. The van der Waals surface area contributed by atoms with Gasteiger partial charge in [-0.2, -0.15) is 0 Å². The third-order valence-corrected chi connectivity index (χ3v) is 17.6. The summed E-state index contributed by atoms with van der Waals surface area (Å²) in [6.45, 7) is 25.9. The molecule has 0 N–H and O–H groups in total. The number of hydrogen-bond donors (Lipinski definition) is 0. The SMILES string of the molecule is C=C1OB(c2ccc3c(c2)C(CCCCCCCC)(CCCCCCCC)c2cc(-c4ccc5c(c4)C(CCCCCCCC)(CCCCCCCC)c4cc(B6OC(=C)C(C)(C)O6)ccc4-5)ccc2-3)OC1=C. The molecule has 0 amide bonds. The van der Waals surface area contributed by atoms with E-state index in [4.69, 9.17) is 18.6 Å². The Morgan fingerprint density at radius 3 is 1.03 bits per heavy atom. The molecule has 4 aromatic carbocycles. The molecule has 0 radical (unpaired) electrons. The highest BCUT2D eigenvalue weighted by molar-refractivity contribution is 6.63. The van der Waals surface area contributed by atoms with Crippen molar-refractivity contribution in [2.24, 2.45) is 0 Å². The van der Waals surface area contributed by atoms with Gasteiger partial charge in [0, 0.05) is 16.3 Å². The summed E-state index contributed by atoms with van der Waals surface area (Å²) < 4.78 is 25.4. The molecule has 2 aliphatic heterocycles. The standard InChI is InChI=1S/C67H92B2O4/c1-10-14-18-22-26-30-42-66(43-31-27-23-19-15-11-2)61-46-53(34-38-57(61)59-40-36-55(48-63(59)66)68-70-50(5)51(6)71-68)54-35-39-58-60-41-37-56(69-72-52(7)65(8,9)73-69)49-64(60)67(62(58)47-54,44-32-28-24-20-16-12-3)45-33-29-25-21-17-13-4/h34-41,46-49H,5-7,10-33,42-45H2,1-4,8-9H3. The molecule has 0 saturated carbocycles. The lowest BCUT2D eigenvalue weighted by Gasteiger charge is -2.34. The summed E-state index contributed by atoms with van der Waals surface area (Å²) in [5, 5.41) is 0. The minimum atomic E-state index is -0.528. The second-order valence-corrected chi connectivity index (χ2v) is 23.3. The van der Waals surface area contributed by atoms with Crippen LogP contribution in [0.5, 0.6) is 0 Å². The summed E-state index contributed by atoms with van der Waals surface area (Å²) in [5.74, 6) is 1.75. The molecule has 8 rings (SSSR count). The zero-order chi connectivity index (χ0) is 51.4. The maximum atomic E-state index is 6.57. The average molecular weight is 983 g/mol. The van der Waals surface area contributed by atoms with E-state index < -0.39 is 19.8 Å². The largest absolute Gasteiger partial charge is 0.632 e. The molecule has 4 aromatic rings. The van der Waals surface area contributed by atoms with E-state index >= 15 is 0 Å². The minimum absolute atomic E-state index is 0.0962. The van der Waals surface area contributed by atoms with Gasteiger partial charge in [0.1, 0.15) is 17.1 Å². The highest BCUT2D eigenvalue weighted by Gasteiger charge is 2.48. The van der Waals surface area contributed by atoms with Gasteiger partial charge in [-0.25, -0.2) is 0 Å². The molecule has 2 aliphatic carbocycles. The Morgan fingerprint density at radius 2 is 0.685 bits per heavy atom. The predicted molar refractivity (Wildman–Crippen MR) is 313 cm³/mol.